The number of nitrogens with one attached hydrogen (secondary N) is 2. The van der Waals surface area contributed by atoms with Crippen molar-refractivity contribution in [1.82, 2.24) is 10.2 Å². The first kappa shape index (κ1) is 23.1. The van der Waals surface area contributed by atoms with Crippen molar-refractivity contribution in [1.29, 1.82) is 0 Å². The highest BCUT2D eigenvalue weighted by Gasteiger charge is 2.27. The zero-order valence-corrected chi connectivity index (χ0v) is 18.9. The molecule has 0 aromatic heterocycles. The molecule has 9 heteroatoms. The van der Waals surface area contributed by atoms with Crippen molar-refractivity contribution in [3.63, 3.8) is 0 Å². The molecule has 7 nitrogen and oxygen atoms in total. The fourth-order valence-electron chi connectivity index (χ4n) is 3.46. The molecule has 1 heterocycles. The summed E-state index contributed by atoms with van der Waals surface area (Å²) in [7, 11) is -3.80. The number of benzene rings is 2. The lowest BCUT2D eigenvalue weighted by Crippen LogP contribution is -2.43. The Labute approximate surface area is 187 Å². The average Bonchev–Trinajstić information content (AvgIpc) is 2.77. The van der Waals surface area contributed by atoms with Crippen LogP contribution in [0.25, 0.3) is 0 Å². The molecule has 1 fully saturated rings. The minimum atomic E-state index is -3.80. The van der Waals surface area contributed by atoms with Gasteiger partial charge < -0.3 is 10.2 Å². The smallest absolute Gasteiger partial charge is 0.261 e. The van der Waals surface area contributed by atoms with E-state index in [1.165, 1.54) is 30.3 Å². The van der Waals surface area contributed by atoms with Gasteiger partial charge in [0.25, 0.3) is 15.9 Å². The maximum absolute atomic E-state index is 12.9. The largest absolute Gasteiger partial charge is 0.356 e. The van der Waals surface area contributed by atoms with Crippen LogP contribution in [0.2, 0.25) is 5.02 Å². The Kier molecular flexibility index (Phi) is 7.56. The first-order valence-electron chi connectivity index (χ1n) is 10.3. The van der Waals surface area contributed by atoms with Gasteiger partial charge in [-0.15, -0.1) is 0 Å². The zero-order chi connectivity index (χ0) is 22.4. The van der Waals surface area contributed by atoms with Crippen LogP contribution in [0.5, 0.6) is 0 Å². The summed E-state index contributed by atoms with van der Waals surface area (Å²) >= 11 is 5.82. The standard InChI is InChI=1S/C22H26ClN3O4S/c1-2-12-24-21(27)16-10-13-26(14-11-16)22(28)17-4-3-5-19(15-17)25-31(29,30)20-8-6-18(23)7-9-20/h3-9,15-16,25H,2,10-14H2,1H3,(H,24,27). The number of carbonyl (C=O) groups excluding carboxylic acids is 2. The Bertz CT molecular complexity index is 1030. The molecule has 0 saturated carbocycles. The fourth-order valence-corrected chi connectivity index (χ4v) is 4.64. The topological polar surface area (TPSA) is 95.6 Å². The van der Waals surface area contributed by atoms with Crippen molar-refractivity contribution in [2.75, 3.05) is 24.4 Å². The van der Waals surface area contributed by atoms with Crippen LogP contribution in [0.15, 0.2) is 53.4 Å². The monoisotopic (exact) mass is 463 g/mol. The van der Waals surface area contributed by atoms with E-state index in [9.17, 15) is 18.0 Å². The summed E-state index contributed by atoms with van der Waals surface area (Å²) in [6.45, 7) is 3.65. The van der Waals surface area contributed by atoms with Gasteiger partial charge in [0.1, 0.15) is 0 Å². The third kappa shape index (κ3) is 5.98. The number of carbonyl (C=O) groups is 2. The Balaban J connectivity index is 1.64. The summed E-state index contributed by atoms with van der Waals surface area (Å²) in [5.41, 5.74) is 0.694. The van der Waals surface area contributed by atoms with Crippen LogP contribution in [0.1, 0.15) is 36.5 Å². The Hall–Kier alpha value is -2.58. The summed E-state index contributed by atoms with van der Waals surface area (Å²) < 4.78 is 27.7. The third-order valence-corrected chi connectivity index (χ3v) is 6.84. The summed E-state index contributed by atoms with van der Waals surface area (Å²) in [5.74, 6) is -0.208. The molecule has 1 saturated heterocycles. The number of halogens is 1. The van der Waals surface area contributed by atoms with Gasteiger partial charge in [0.15, 0.2) is 0 Å². The molecule has 1 aliphatic heterocycles. The molecule has 0 aliphatic carbocycles. The van der Waals surface area contributed by atoms with Gasteiger partial charge in [0, 0.05) is 41.8 Å². The van der Waals surface area contributed by atoms with Gasteiger partial charge in [0.05, 0.1) is 4.90 Å². The van der Waals surface area contributed by atoms with E-state index in [2.05, 4.69) is 10.0 Å². The van der Waals surface area contributed by atoms with Gasteiger partial charge in [0.2, 0.25) is 5.91 Å². The molecular formula is C22H26ClN3O4S. The number of nitrogens with zero attached hydrogens (tertiary/aromatic N) is 1. The quantitative estimate of drug-likeness (QED) is 0.656. The molecule has 2 N–H and O–H groups in total. The van der Waals surface area contributed by atoms with Gasteiger partial charge in [-0.2, -0.15) is 0 Å². The minimum absolute atomic E-state index is 0.0487. The molecule has 2 amide bonds. The molecule has 166 valence electrons. The summed E-state index contributed by atoms with van der Waals surface area (Å²) in [6.07, 6.45) is 2.12. The average molecular weight is 464 g/mol. The maximum Gasteiger partial charge on any atom is 0.261 e. The second kappa shape index (κ2) is 10.2. The number of sulfonamides is 1. The van der Waals surface area contributed by atoms with Crippen molar-refractivity contribution in [2.24, 2.45) is 5.92 Å². The van der Waals surface area contributed by atoms with Crippen molar-refractivity contribution in [3.05, 3.63) is 59.1 Å². The van der Waals surface area contributed by atoms with Crippen LogP contribution in [0.3, 0.4) is 0 Å². The highest BCUT2D eigenvalue weighted by molar-refractivity contribution is 7.92. The second-order valence-electron chi connectivity index (χ2n) is 7.50. The molecule has 0 bridgehead atoms. The van der Waals surface area contributed by atoms with Crippen molar-refractivity contribution in [3.8, 4) is 0 Å². The summed E-state index contributed by atoms with van der Waals surface area (Å²) in [6, 6.07) is 12.2. The fraction of sp³-hybridized carbons (Fsp3) is 0.364. The normalized spacial score (nSPS) is 14.8. The lowest BCUT2D eigenvalue weighted by Gasteiger charge is -2.31. The lowest BCUT2D eigenvalue weighted by atomic mass is 9.95. The highest BCUT2D eigenvalue weighted by Crippen LogP contribution is 2.22. The van der Waals surface area contributed by atoms with Crippen molar-refractivity contribution in [2.45, 2.75) is 31.1 Å². The first-order valence-corrected chi connectivity index (χ1v) is 12.1. The van der Waals surface area contributed by atoms with Gasteiger partial charge in [-0.05, 0) is 61.7 Å². The van der Waals surface area contributed by atoms with Crippen LogP contribution in [-0.2, 0) is 14.8 Å². The summed E-state index contributed by atoms with van der Waals surface area (Å²) in [5, 5.41) is 3.35. The molecule has 0 atom stereocenters. The second-order valence-corrected chi connectivity index (χ2v) is 9.62. The van der Waals surface area contributed by atoms with E-state index in [4.69, 9.17) is 11.6 Å². The number of hydrogen-bond acceptors (Lipinski definition) is 4. The van der Waals surface area contributed by atoms with Crippen LogP contribution < -0.4 is 10.0 Å². The third-order valence-electron chi connectivity index (χ3n) is 5.19. The Morgan fingerprint density at radius 1 is 1.10 bits per heavy atom. The summed E-state index contributed by atoms with van der Waals surface area (Å²) in [4.78, 5) is 26.8. The molecule has 1 aliphatic rings. The Morgan fingerprint density at radius 3 is 2.42 bits per heavy atom. The zero-order valence-electron chi connectivity index (χ0n) is 17.3. The number of anilines is 1. The number of amides is 2. The lowest BCUT2D eigenvalue weighted by molar-refractivity contribution is -0.126. The first-order chi connectivity index (χ1) is 14.8. The molecule has 0 unspecified atom stereocenters. The SMILES string of the molecule is CCCNC(=O)C1CCN(C(=O)c2cccc(NS(=O)(=O)c3ccc(Cl)cc3)c2)CC1. The van der Waals surface area contributed by atoms with E-state index in [1.54, 1.807) is 23.1 Å². The predicted molar refractivity (Wildman–Crippen MR) is 121 cm³/mol. The Morgan fingerprint density at radius 2 is 1.77 bits per heavy atom. The molecule has 0 spiro atoms. The van der Waals surface area contributed by atoms with Gasteiger partial charge in [-0.25, -0.2) is 8.42 Å². The van der Waals surface area contributed by atoms with Gasteiger partial charge in [-0.1, -0.05) is 24.6 Å². The van der Waals surface area contributed by atoms with Crippen molar-refractivity contribution >= 4 is 39.1 Å². The number of hydrogen-bond donors (Lipinski definition) is 2. The predicted octanol–water partition coefficient (Wildman–Crippen LogP) is 3.52. The molecule has 0 radical (unpaired) electrons. The van der Waals surface area contributed by atoms with Crippen LogP contribution in [0.4, 0.5) is 5.69 Å². The minimum Gasteiger partial charge on any atom is -0.356 e. The van der Waals surface area contributed by atoms with E-state index >= 15 is 0 Å². The van der Waals surface area contributed by atoms with Gasteiger partial charge in [-0.3, -0.25) is 14.3 Å². The maximum atomic E-state index is 12.9. The van der Waals surface area contributed by atoms with Crippen LogP contribution in [0, 0.1) is 5.92 Å². The van der Waals surface area contributed by atoms with E-state index in [0.717, 1.165) is 6.42 Å². The molecule has 2 aromatic carbocycles. The van der Waals surface area contributed by atoms with E-state index in [1.807, 2.05) is 6.92 Å². The van der Waals surface area contributed by atoms with Crippen LogP contribution >= 0.6 is 11.6 Å². The molecular weight excluding hydrogens is 438 g/mol. The number of rotatable bonds is 7. The molecule has 31 heavy (non-hydrogen) atoms. The van der Waals surface area contributed by atoms with E-state index in [0.29, 0.717) is 48.7 Å². The van der Waals surface area contributed by atoms with Crippen molar-refractivity contribution < 1.29 is 18.0 Å². The van der Waals surface area contributed by atoms with Gasteiger partial charge >= 0.3 is 0 Å². The van der Waals surface area contributed by atoms with E-state index in [-0.39, 0.29) is 22.6 Å². The molecule has 2 aromatic rings. The highest BCUT2D eigenvalue weighted by atomic mass is 35.5. The van der Waals surface area contributed by atoms with Crippen LogP contribution in [-0.4, -0.2) is 44.8 Å². The number of likely N-dealkylation sites (tertiary alicyclic amines) is 1. The molecule has 3 rings (SSSR count). The van der Waals surface area contributed by atoms with E-state index < -0.39 is 10.0 Å². The number of piperidine rings is 1.